The SMILES string of the molecule is CCCCCCCCOc1ccc(-c2ccc(C(=O)O[C@H]3CC[C@@]4(C)C(=CC[C@H]5[C@@H]6CC[C@H]([C@H](C)CCCC(C)C)[C@@]6(C)CC[C@@H]54)C3)cc2)cc1. The van der Waals surface area contributed by atoms with E-state index in [2.05, 4.69) is 71.9 Å². The molecule has 0 unspecified atom stereocenters. The van der Waals surface area contributed by atoms with E-state index in [0.29, 0.717) is 11.0 Å². The van der Waals surface area contributed by atoms with E-state index in [0.717, 1.165) is 84.7 Å². The van der Waals surface area contributed by atoms with E-state index in [4.69, 9.17) is 9.47 Å². The lowest BCUT2D eigenvalue weighted by Crippen LogP contribution is -2.51. The van der Waals surface area contributed by atoms with E-state index < -0.39 is 0 Å². The Morgan fingerprint density at radius 1 is 0.784 bits per heavy atom. The summed E-state index contributed by atoms with van der Waals surface area (Å²) in [5.41, 5.74) is 5.25. The van der Waals surface area contributed by atoms with E-state index >= 15 is 0 Å². The monoisotopic (exact) mass is 695 g/mol. The van der Waals surface area contributed by atoms with Gasteiger partial charge in [0, 0.05) is 6.42 Å². The summed E-state index contributed by atoms with van der Waals surface area (Å²) in [5.74, 6) is 5.81. The Morgan fingerprint density at radius 2 is 1.49 bits per heavy atom. The molecule has 2 aromatic rings. The first-order valence-electron chi connectivity index (χ1n) is 21.4. The van der Waals surface area contributed by atoms with Crippen LogP contribution in [0.5, 0.6) is 5.75 Å². The smallest absolute Gasteiger partial charge is 0.338 e. The first-order valence-corrected chi connectivity index (χ1v) is 21.4. The summed E-state index contributed by atoms with van der Waals surface area (Å²) in [6, 6.07) is 16.3. The number of allylic oxidation sites excluding steroid dienone is 1. The maximum atomic E-state index is 13.4. The molecule has 280 valence electrons. The zero-order chi connectivity index (χ0) is 36.0. The number of hydrogen-bond donors (Lipinski definition) is 0. The molecular weight excluding hydrogens is 625 g/mol. The van der Waals surface area contributed by atoms with Gasteiger partial charge in [-0.3, -0.25) is 0 Å². The van der Waals surface area contributed by atoms with Crippen LogP contribution in [-0.4, -0.2) is 18.7 Å². The third kappa shape index (κ3) is 8.65. The highest BCUT2D eigenvalue weighted by atomic mass is 16.5. The fourth-order valence-corrected chi connectivity index (χ4v) is 11.6. The highest BCUT2D eigenvalue weighted by Gasteiger charge is 2.59. The minimum Gasteiger partial charge on any atom is -0.494 e. The number of esters is 1. The van der Waals surface area contributed by atoms with Crippen LogP contribution >= 0.6 is 0 Å². The summed E-state index contributed by atoms with van der Waals surface area (Å²) >= 11 is 0. The molecule has 4 aliphatic carbocycles. The van der Waals surface area contributed by atoms with Gasteiger partial charge in [0.25, 0.3) is 0 Å². The molecule has 3 heteroatoms. The average molecular weight is 695 g/mol. The van der Waals surface area contributed by atoms with Gasteiger partial charge in [-0.1, -0.05) is 129 Å². The van der Waals surface area contributed by atoms with Crippen LogP contribution < -0.4 is 4.74 Å². The molecule has 0 radical (unpaired) electrons. The maximum absolute atomic E-state index is 13.4. The predicted molar refractivity (Wildman–Crippen MR) is 213 cm³/mol. The maximum Gasteiger partial charge on any atom is 0.338 e. The van der Waals surface area contributed by atoms with Gasteiger partial charge in [-0.15, -0.1) is 0 Å². The lowest BCUT2D eigenvalue weighted by atomic mass is 9.47. The summed E-state index contributed by atoms with van der Waals surface area (Å²) < 4.78 is 12.2. The fourth-order valence-electron chi connectivity index (χ4n) is 11.6. The molecule has 0 N–H and O–H groups in total. The van der Waals surface area contributed by atoms with E-state index in [9.17, 15) is 4.79 Å². The molecule has 6 rings (SSSR count). The van der Waals surface area contributed by atoms with Gasteiger partial charge >= 0.3 is 5.97 Å². The number of fused-ring (bicyclic) bond motifs is 5. The first kappa shape index (κ1) is 38.2. The van der Waals surface area contributed by atoms with E-state index in [1.54, 1.807) is 5.57 Å². The van der Waals surface area contributed by atoms with Crippen molar-refractivity contribution in [1.82, 2.24) is 0 Å². The van der Waals surface area contributed by atoms with E-state index in [1.165, 1.54) is 83.5 Å². The van der Waals surface area contributed by atoms with Crippen LogP contribution in [-0.2, 0) is 4.74 Å². The van der Waals surface area contributed by atoms with Gasteiger partial charge in [0.05, 0.1) is 12.2 Å². The topological polar surface area (TPSA) is 35.5 Å². The van der Waals surface area contributed by atoms with Crippen molar-refractivity contribution in [3.05, 3.63) is 65.7 Å². The summed E-state index contributed by atoms with van der Waals surface area (Å²) in [4.78, 5) is 13.4. The van der Waals surface area contributed by atoms with Crippen molar-refractivity contribution in [2.45, 2.75) is 157 Å². The van der Waals surface area contributed by atoms with Crippen molar-refractivity contribution in [3.8, 4) is 16.9 Å². The molecule has 0 heterocycles. The number of carbonyl (C=O) groups is 1. The van der Waals surface area contributed by atoms with Gasteiger partial charge in [0.15, 0.2) is 0 Å². The lowest BCUT2D eigenvalue weighted by Gasteiger charge is -2.58. The van der Waals surface area contributed by atoms with Gasteiger partial charge in [0.2, 0.25) is 0 Å². The number of ether oxygens (including phenoxy) is 2. The minimum atomic E-state index is -0.184. The Bertz CT molecular complexity index is 1440. The number of rotatable bonds is 16. The summed E-state index contributed by atoms with van der Waals surface area (Å²) in [6.45, 7) is 15.6. The Kier molecular flexibility index (Phi) is 12.8. The first-order chi connectivity index (χ1) is 24.6. The van der Waals surface area contributed by atoms with Crippen molar-refractivity contribution in [2.24, 2.45) is 46.3 Å². The van der Waals surface area contributed by atoms with Crippen molar-refractivity contribution in [2.75, 3.05) is 6.61 Å². The van der Waals surface area contributed by atoms with Gasteiger partial charge in [0.1, 0.15) is 11.9 Å². The second-order valence-corrected chi connectivity index (χ2v) is 18.3. The Labute approximate surface area is 311 Å². The molecule has 3 saturated carbocycles. The largest absolute Gasteiger partial charge is 0.494 e. The Hall–Kier alpha value is -2.55. The zero-order valence-electron chi connectivity index (χ0n) is 33.2. The molecule has 0 amide bonds. The van der Waals surface area contributed by atoms with Crippen LogP contribution in [0.2, 0.25) is 0 Å². The quantitative estimate of drug-likeness (QED) is 0.0997. The number of carbonyl (C=O) groups excluding carboxylic acids is 1. The molecule has 3 nitrogen and oxygen atoms in total. The van der Waals surface area contributed by atoms with Crippen molar-refractivity contribution < 1.29 is 14.3 Å². The predicted octanol–water partition coefficient (Wildman–Crippen LogP) is 13.7. The third-order valence-corrected chi connectivity index (χ3v) is 14.6. The van der Waals surface area contributed by atoms with Crippen LogP contribution in [0.4, 0.5) is 0 Å². The number of benzene rings is 2. The summed E-state index contributed by atoms with van der Waals surface area (Å²) in [6.07, 6.45) is 24.3. The second-order valence-electron chi connectivity index (χ2n) is 18.3. The molecule has 0 spiro atoms. The van der Waals surface area contributed by atoms with Crippen LogP contribution in [0.15, 0.2) is 60.2 Å². The van der Waals surface area contributed by atoms with Crippen LogP contribution in [0, 0.1) is 46.3 Å². The van der Waals surface area contributed by atoms with Gasteiger partial charge in [-0.2, -0.15) is 0 Å². The second kappa shape index (κ2) is 17.1. The number of hydrogen-bond acceptors (Lipinski definition) is 3. The van der Waals surface area contributed by atoms with Crippen LogP contribution in [0.25, 0.3) is 11.1 Å². The van der Waals surface area contributed by atoms with Crippen molar-refractivity contribution >= 4 is 5.97 Å². The standard InChI is InChI=1S/C48H70O3/c1-7-8-9-10-11-12-32-50-40-23-20-37(21-24-40)36-16-18-38(19-17-36)46(49)51-41-28-30-47(5)39(33-41)22-25-42-44-27-26-43(35(4)15-13-14-34(2)3)48(44,6)31-29-45(42)47/h16-24,34-35,41-45H,7-15,25-33H2,1-6H3/t35-,41+,42+,43-,44+,45+,47+,48-/m1/s1. The molecular formula is C48H70O3. The normalized spacial score (nSPS) is 30.6. The molecule has 8 atom stereocenters. The molecule has 0 bridgehead atoms. The lowest BCUT2D eigenvalue weighted by molar-refractivity contribution is -0.0594. The average Bonchev–Trinajstić information content (AvgIpc) is 3.49. The van der Waals surface area contributed by atoms with Gasteiger partial charge in [-0.25, -0.2) is 4.79 Å². The molecule has 0 aliphatic heterocycles. The van der Waals surface area contributed by atoms with Crippen LogP contribution in [0.1, 0.15) is 161 Å². The molecule has 2 aromatic carbocycles. The molecule has 0 aromatic heterocycles. The summed E-state index contributed by atoms with van der Waals surface area (Å²) in [5, 5.41) is 0. The highest BCUT2D eigenvalue weighted by Crippen LogP contribution is 2.67. The van der Waals surface area contributed by atoms with Crippen molar-refractivity contribution in [1.29, 1.82) is 0 Å². The van der Waals surface area contributed by atoms with Gasteiger partial charge < -0.3 is 9.47 Å². The zero-order valence-corrected chi connectivity index (χ0v) is 33.2. The van der Waals surface area contributed by atoms with Crippen molar-refractivity contribution in [3.63, 3.8) is 0 Å². The Balaban J connectivity index is 0.997. The molecule has 0 saturated heterocycles. The molecule has 3 fully saturated rings. The molecule has 51 heavy (non-hydrogen) atoms. The van der Waals surface area contributed by atoms with E-state index in [1.807, 2.05) is 24.3 Å². The third-order valence-electron chi connectivity index (χ3n) is 14.6. The molecule has 4 aliphatic rings. The number of unbranched alkanes of at least 4 members (excludes halogenated alkanes) is 5. The fraction of sp³-hybridized carbons (Fsp3) is 0.688. The highest BCUT2D eigenvalue weighted by molar-refractivity contribution is 5.90. The summed E-state index contributed by atoms with van der Waals surface area (Å²) in [7, 11) is 0. The minimum absolute atomic E-state index is 0.0201. The van der Waals surface area contributed by atoms with Gasteiger partial charge in [-0.05, 0) is 133 Å². The Morgan fingerprint density at radius 3 is 2.22 bits per heavy atom. The van der Waals surface area contributed by atoms with E-state index in [-0.39, 0.29) is 17.5 Å². The van der Waals surface area contributed by atoms with Crippen LogP contribution in [0.3, 0.4) is 0 Å².